The number of hydrogen-bond acceptors (Lipinski definition) is 5. The summed E-state index contributed by atoms with van der Waals surface area (Å²) >= 11 is 1.87. The quantitative estimate of drug-likeness (QED) is 0.918. The lowest BCUT2D eigenvalue weighted by Crippen LogP contribution is -2.28. The Kier molecular flexibility index (Phi) is 4.60. The Morgan fingerprint density at radius 2 is 2.29 bits per heavy atom. The van der Waals surface area contributed by atoms with Crippen LogP contribution in [0.1, 0.15) is 49.0 Å². The lowest BCUT2D eigenvalue weighted by atomic mass is 9.91. The lowest BCUT2D eigenvalue weighted by Gasteiger charge is -2.23. The first-order valence-corrected chi connectivity index (χ1v) is 8.55. The van der Waals surface area contributed by atoms with Crippen molar-refractivity contribution in [1.82, 2.24) is 15.5 Å². The molecule has 3 rings (SSSR count). The predicted molar refractivity (Wildman–Crippen MR) is 85.3 cm³/mol. The maximum atomic E-state index is 5.51. The summed E-state index contributed by atoms with van der Waals surface area (Å²) in [6, 6.07) is 8.47. The monoisotopic (exact) mass is 303 g/mol. The van der Waals surface area contributed by atoms with Crippen LogP contribution in [0.4, 0.5) is 0 Å². The fourth-order valence-electron chi connectivity index (χ4n) is 2.52. The largest absolute Gasteiger partial charge is 0.339 e. The third kappa shape index (κ3) is 3.30. The molecule has 4 nitrogen and oxygen atoms in total. The van der Waals surface area contributed by atoms with Crippen LogP contribution in [-0.2, 0) is 12.3 Å². The molecular formula is C16H21N3OS. The van der Waals surface area contributed by atoms with Crippen molar-refractivity contribution in [2.45, 2.75) is 43.7 Å². The van der Waals surface area contributed by atoms with E-state index in [9.17, 15) is 0 Å². The van der Waals surface area contributed by atoms with Gasteiger partial charge in [0.15, 0.2) is 5.82 Å². The van der Waals surface area contributed by atoms with E-state index < -0.39 is 0 Å². The number of aromatic nitrogens is 2. The summed E-state index contributed by atoms with van der Waals surface area (Å²) in [6.07, 6.45) is 1.16. The standard InChI is InChI=1S/C16H21N3OS/c1-3-11(2)21-10-15-18-16(20-19-15)14-9-17-8-12-6-4-5-7-13(12)14/h4-7,11,14,17H,3,8-10H2,1-2H3. The van der Waals surface area contributed by atoms with Crippen LogP contribution in [0.2, 0.25) is 0 Å². The highest BCUT2D eigenvalue weighted by molar-refractivity contribution is 7.99. The molecule has 21 heavy (non-hydrogen) atoms. The lowest BCUT2D eigenvalue weighted by molar-refractivity contribution is 0.353. The number of benzene rings is 1. The normalized spacial score (nSPS) is 19.2. The van der Waals surface area contributed by atoms with Crippen LogP contribution in [0.5, 0.6) is 0 Å². The molecule has 2 atom stereocenters. The van der Waals surface area contributed by atoms with E-state index in [-0.39, 0.29) is 5.92 Å². The first-order valence-electron chi connectivity index (χ1n) is 7.50. The average Bonchev–Trinajstić information content (AvgIpc) is 3.00. The van der Waals surface area contributed by atoms with Gasteiger partial charge in [-0.1, -0.05) is 43.3 Å². The minimum atomic E-state index is 0.171. The Hall–Kier alpha value is -1.33. The minimum Gasteiger partial charge on any atom is -0.339 e. The highest BCUT2D eigenvalue weighted by atomic mass is 32.2. The van der Waals surface area contributed by atoms with Crippen LogP contribution < -0.4 is 5.32 Å². The molecule has 0 amide bonds. The Labute approximate surface area is 129 Å². The first-order chi connectivity index (χ1) is 10.3. The second kappa shape index (κ2) is 6.62. The molecule has 1 N–H and O–H groups in total. The molecule has 5 heteroatoms. The maximum absolute atomic E-state index is 5.51. The third-order valence-corrected chi connectivity index (χ3v) is 5.28. The zero-order valence-electron chi connectivity index (χ0n) is 12.5. The molecule has 2 aromatic rings. The van der Waals surface area contributed by atoms with Crippen molar-refractivity contribution in [3.05, 3.63) is 47.1 Å². The molecular weight excluding hydrogens is 282 g/mol. The molecule has 1 aromatic heterocycles. The van der Waals surface area contributed by atoms with Crippen molar-refractivity contribution in [3.8, 4) is 0 Å². The van der Waals surface area contributed by atoms with Gasteiger partial charge in [-0.3, -0.25) is 0 Å². The average molecular weight is 303 g/mol. The van der Waals surface area contributed by atoms with Crippen molar-refractivity contribution in [2.75, 3.05) is 6.54 Å². The summed E-state index contributed by atoms with van der Waals surface area (Å²) < 4.78 is 5.51. The van der Waals surface area contributed by atoms with Gasteiger partial charge >= 0.3 is 0 Å². The SMILES string of the molecule is CCC(C)SCc1noc(C2CNCc3ccccc32)n1. The van der Waals surface area contributed by atoms with Crippen molar-refractivity contribution in [3.63, 3.8) is 0 Å². The number of fused-ring (bicyclic) bond motifs is 1. The second-order valence-electron chi connectivity index (χ2n) is 5.46. The van der Waals surface area contributed by atoms with Gasteiger partial charge in [-0.05, 0) is 17.5 Å². The van der Waals surface area contributed by atoms with E-state index in [4.69, 9.17) is 4.52 Å². The number of nitrogens with zero attached hydrogens (tertiary/aromatic N) is 2. The van der Waals surface area contributed by atoms with Gasteiger partial charge in [0.25, 0.3) is 0 Å². The molecule has 0 spiro atoms. The van der Waals surface area contributed by atoms with Gasteiger partial charge in [0, 0.05) is 18.3 Å². The Morgan fingerprint density at radius 1 is 1.43 bits per heavy atom. The molecule has 0 aliphatic carbocycles. The molecule has 0 bridgehead atoms. The van der Waals surface area contributed by atoms with E-state index in [0.29, 0.717) is 5.25 Å². The van der Waals surface area contributed by atoms with Gasteiger partial charge in [0.2, 0.25) is 5.89 Å². The topological polar surface area (TPSA) is 51.0 Å². The summed E-state index contributed by atoms with van der Waals surface area (Å²) in [5.74, 6) is 2.53. The molecule has 2 unspecified atom stereocenters. The molecule has 0 radical (unpaired) electrons. The first kappa shape index (κ1) is 14.6. The summed E-state index contributed by atoms with van der Waals surface area (Å²) in [6.45, 7) is 6.20. The van der Waals surface area contributed by atoms with Crippen LogP contribution in [0.3, 0.4) is 0 Å². The fourth-order valence-corrected chi connectivity index (χ4v) is 3.31. The van der Waals surface area contributed by atoms with Gasteiger partial charge in [0.1, 0.15) is 0 Å². The highest BCUT2D eigenvalue weighted by Crippen LogP contribution is 2.29. The molecule has 0 saturated heterocycles. The molecule has 1 aliphatic rings. The predicted octanol–water partition coefficient (Wildman–Crippen LogP) is 3.34. The number of rotatable bonds is 5. The highest BCUT2D eigenvalue weighted by Gasteiger charge is 2.26. The summed E-state index contributed by atoms with van der Waals surface area (Å²) in [5.41, 5.74) is 2.63. The van der Waals surface area contributed by atoms with Gasteiger partial charge in [0.05, 0.1) is 11.7 Å². The van der Waals surface area contributed by atoms with E-state index in [1.807, 2.05) is 11.8 Å². The van der Waals surface area contributed by atoms with Crippen molar-refractivity contribution < 1.29 is 4.52 Å². The number of hydrogen-bond donors (Lipinski definition) is 1. The Morgan fingerprint density at radius 3 is 3.14 bits per heavy atom. The smallest absolute Gasteiger partial charge is 0.235 e. The molecule has 0 fully saturated rings. The zero-order chi connectivity index (χ0) is 14.7. The summed E-state index contributed by atoms with van der Waals surface area (Å²) in [5, 5.41) is 8.19. The molecule has 2 heterocycles. The van der Waals surface area contributed by atoms with Gasteiger partial charge in [-0.2, -0.15) is 16.7 Å². The van der Waals surface area contributed by atoms with E-state index in [2.05, 4.69) is 53.6 Å². The third-order valence-electron chi connectivity index (χ3n) is 3.95. The molecule has 1 aliphatic heterocycles. The maximum Gasteiger partial charge on any atom is 0.235 e. The van der Waals surface area contributed by atoms with E-state index >= 15 is 0 Å². The molecule has 112 valence electrons. The van der Waals surface area contributed by atoms with Gasteiger partial charge in [-0.25, -0.2) is 0 Å². The van der Waals surface area contributed by atoms with Gasteiger partial charge < -0.3 is 9.84 Å². The van der Waals surface area contributed by atoms with E-state index in [1.165, 1.54) is 11.1 Å². The number of nitrogens with one attached hydrogen (secondary N) is 1. The Balaban J connectivity index is 1.75. The second-order valence-corrected chi connectivity index (χ2v) is 6.89. The number of thioether (sulfide) groups is 1. The van der Waals surface area contributed by atoms with Crippen LogP contribution in [0, 0.1) is 0 Å². The van der Waals surface area contributed by atoms with Crippen LogP contribution in [0.25, 0.3) is 0 Å². The van der Waals surface area contributed by atoms with Crippen LogP contribution in [0.15, 0.2) is 28.8 Å². The fraction of sp³-hybridized carbons (Fsp3) is 0.500. The summed E-state index contributed by atoms with van der Waals surface area (Å²) in [4.78, 5) is 4.60. The van der Waals surface area contributed by atoms with Crippen molar-refractivity contribution in [1.29, 1.82) is 0 Å². The molecule has 1 aromatic carbocycles. The molecule has 0 saturated carbocycles. The van der Waals surface area contributed by atoms with Gasteiger partial charge in [-0.15, -0.1) is 0 Å². The van der Waals surface area contributed by atoms with Crippen molar-refractivity contribution in [2.24, 2.45) is 0 Å². The van der Waals surface area contributed by atoms with E-state index in [0.717, 1.165) is 37.0 Å². The van der Waals surface area contributed by atoms with E-state index in [1.54, 1.807) is 0 Å². The van der Waals surface area contributed by atoms with Crippen molar-refractivity contribution >= 4 is 11.8 Å². The van der Waals surface area contributed by atoms with Crippen LogP contribution >= 0.6 is 11.8 Å². The Bertz CT molecular complexity index is 599. The summed E-state index contributed by atoms with van der Waals surface area (Å²) in [7, 11) is 0. The minimum absolute atomic E-state index is 0.171. The van der Waals surface area contributed by atoms with Crippen LogP contribution in [-0.4, -0.2) is 21.9 Å². The zero-order valence-corrected chi connectivity index (χ0v) is 13.3.